The number of nitrogens with two attached hydrogens (primary N) is 3. The summed E-state index contributed by atoms with van der Waals surface area (Å²) in [6.45, 7) is 0. The van der Waals surface area contributed by atoms with Gasteiger partial charge in [-0.25, -0.2) is 9.98 Å². The number of carbonyl (C=O) groups excluding carboxylic acids is 2. The molecule has 4 heterocycles. The lowest BCUT2D eigenvalue weighted by Crippen LogP contribution is -2.38. The molecule has 15 heteroatoms. The fraction of sp³-hybridized carbons (Fsp3) is 0.824. The Morgan fingerprint density at radius 2 is 1.06 bits per heavy atom. The van der Waals surface area contributed by atoms with E-state index in [4.69, 9.17) is 27.4 Å². The number of unbranched alkanes of at least 4 members (excludes halogenated alkanes) is 7. The summed E-state index contributed by atoms with van der Waals surface area (Å²) in [4.78, 5) is 53.7. The average Bonchev–Trinajstić information content (AvgIpc) is 3.81. The van der Waals surface area contributed by atoms with E-state index in [0.29, 0.717) is 96.7 Å². The Balaban J connectivity index is 0.000000266. The molecule has 10 N–H and O–H groups in total. The molecule has 4 rings (SSSR count). The zero-order valence-electron chi connectivity index (χ0n) is 28.9. The minimum atomic E-state index is -0.954. The van der Waals surface area contributed by atoms with Crippen LogP contribution in [0.1, 0.15) is 122 Å². The molecule has 0 bridgehead atoms. The molecule has 278 valence electrons. The fourth-order valence-corrected chi connectivity index (χ4v) is 9.81. The number of nitrogens with zero attached hydrogens (tertiary/aromatic N) is 2. The van der Waals surface area contributed by atoms with E-state index in [9.17, 15) is 19.2 Å². The Morgan fingerprint density at radius 1 is 0.653 bits per heavy atom. The van der Waals surface area contributed by atoms with Gasteiger partial charge in [-0.15, -0.1) is 0 Å². The quantitative estimate of drug-likeness (QED) is 0.0706. The van der Waals surface area contributed by atoms with Crippen LogP contribution in [0.25, 0.3) is 0 Å². The van der Waals surface area contributed by atoms with Gasteiger partial charge in [-0.2, -0.15) is 23.5 Å². The molecule has 0 saturated carbocycles. The molecule has 1 unspecified atom stereocenters. The van der Waals surface area contributed by atoms with Gasteiger partial charge >= 0.3 is 11.9 Å². The van der Waals surface area contributed by atoms with Gasteiger partial charge in [0.15, 0.2) is 11.9 Å². The lowest BCUT2D eigenvalue weighted by atomic mass is 10.0. The monoisotopic (exact) mass is 725 g/mol. The van der Waals surface area contributed by atoms with Crippen LogP contribution in [0, 0.1) is 0 Å². The molecule has 0 radical (unpaired) electrons. The molecule has 0 aromatic heterocycles. The number of carboxylic acid groups (broad SMARTS) is 2. The maximum absolute atomic E-state index is 11.9. The van der Waals surface area contributed by atoms with E-state index in [2.05, 4.69) is 20.6 Å². The lowest BCUT2D eigenvalue weighted by molar-refractivity contribution is -0.139. The fourth-order valence-electron chi connectivity index (χ4n) is 6.78. The standard InChI is InChI=1S/C17H30N4O3S.C17H29N3O3S/c18-12(16(23)24)8-3-1-2-6-11(22)7-4-5-9-14-15-13(10-25-14)20-17(19)21-15;18-17-19-13-11-24-14(16(13)20-17)9-6-5-8-12(21)7-3-1-2-4-10-15(22)23/h12-15H,1-10,18H2,(H,23,24)(H3,19,20,21);13-14,16H,1-11H2,(H,22,23)(H3,18,19,20)/t12-,13-,14-,15-;13?,14-,16-/m00/s1. The number of aliphatic imine (C=N–C) groups is 2. The third-order valence-electron chi connectivity index (χ3n) is 9.58. The molecule has 0 aromatic carbocycles. The average molecular weight is 726 g/mol. The van der Waals surface area contributed by atoms with Crippen LogP contribution in [0.15, 0.2) is 9.98 Å². The molecule has 49 heavy (non-hydrogen) atoms. The van der Waals surface area contributed by atoms with E-state index in [1.807, 2.05) is 23.5 Å². The number of Topliss-reactive ketones (excluding diaryl/α,β-unsaturated/α-hetero) is 2. The van der Waals surface area contributed by atoms with Gasteiger partial charge in [0.05, 0.1) is 24.2 Å². The first kappa shape index (κ1) is 40.9. The van der Waals surface area contributed by atoms with Crippen LogP contribution in [-0.4, -0.2) is 97.9 Å². The molecule has 4 aliphatic heterocycles. The number of fused-ring (bicyclic) bond motifs is 2. The van der Waals surface area contributed by atoms with Gasteiger partial charge in [0, 0.05) is 54.1 Å². The van der Waals surface area contributed by atoms with Crippen LogP contribution in [0.2, 0.25) is 0 Å². The topological polar surface area (TPSA) is 236 Å². The van der Waals surface area contributed by atoms with Gasteiger partial charge in [0.1, 0.15) is 17.6 Å². The van der Waals surface area contributed by atoms with Crippen molar-refractivity contribution < 1.29 is 29.4 Å². The molecule has 0 spiro atoms. The summed E-state index contributed by atoms with van der Waals surface area (Å²) in [7, 11) is 0. The van der Waals surface area contributed by atoms with Gasteiger partial charge in [-0.1, -0.05) is 38.5 Å². The van der Waals surface area contributed by atoms with Crippen LogP contribution in [-0.2, 0) is 19.2 Å². The minimum Gasteiger partial charge on any atom is -0.481 e. The number of ketones is 2. The highest BCUT2D eigenvalue weighted by Crippen LogP contribution is 2.36. The number of guanidine groups is 2. The second-order valence-corrected chi connectivity index (χ2v) is 16.2. The summed E-state index contributed by atoms with van der Waals surface area (Å²) < 4.78 is 0. The Kier molecular flexibility index (Phi) is 18.6. The SMILES string of the molecule is NC1=N[C@H]2C(CS[C@H]2CCCCC(=O)CCCCCCC(=O)O)N1.NC1=N[C@H]2[C@H](CS[C@H]2CCCCC(=O)CCCCC[C@H](N)C(=O)O)N1. The predicted octanol–water partition coefficient (Wildman–Crippen LogP) is 3.56. The van der Waals surface area contributed by atoms with Gasteiger partial charge < -0.3 is 38.0 Å². The highest BCUT2D eigenvalue weighted by molar-refractivity contribution is 8.00. The normalized spacial score (nSPS) is 25.6. The summed E-state index contributed by atoms with van der Waals surface area (Å²) in [5, 5.41) is 24.7. The Morgan fingerprint density at radius 3 is 1.49 bits per heavy atom. The highest BCUT2D eigenvalue weighted by atomic mass is 32.2. The summed E-state index contributed by atoms with van der Waals surface area (Å²) in [5.74, 6) is 2.24. The van der Waals surface area contributed by atoms with Gasteiger partial charge in [0.25, 0.3) is 0 Å². The Hall–Kier alpha value is -2.52. The zero-order chi connectivity index (χ0) is 35.6. The van der Waals surface area contributed by atoms with Crippen molar-refractivity contribution in [2.45, 2.75) is 163 Å². The number of thioether (sulfide) groups is 2. The van der Waals surface area contributed by atoms with Crippen LogP contribution in [0.4, 0.5) is 0 Å². The third kappa shape index (κ3) is 15.5. The lowest BCUT2D eigenvalue weighted by Gasteiger charge is -2.14. The molecule has 0 amide bonds. The van der Waals surface area contributed by atoms with Crippen molar-refractivity contribution in [2.24, 2.45) is 27.2 Å². The molecule has 2 saturated heterocycles. The molecular weight excluding hydrogens is 667 g/mol. The van der Waals surface area contributed by atoms with Crippen LogP contribution >= 0.6 is 23.5 Å². The maximum atomic E-state index is 11.9. The molecule has 0 aromatic rings. The number of carboxylic acids is 2. The van der Waals surface area contributed by atoms with Crippen LogP contribution in [0.3, 0.4) is 0 Å². The number of aliphatic carboxylic acids is 2. The molecule has 7 atom stereocenters. The second kappa shape index (κ2) is 22.3. The Labute approximate surface area is 299 Å². The number of hydrogen-bond donors (Lipinski definition) is 7. The number of nitrogens with one attached hydrogen (secondary N) is 2. The zero-order valence-corrected chi connectivity index (χ0v) is 30.5. The predicted molar refractivity (Wildman–Crippen MR) is 198 cm³/mol. The molecule has 0 aliphatic carbocycles. The first-order valence-electron chi connectivity index (χ1n) is 18.2. The van der Waals surface area contributed by atoms with E-state index in [0.717, 1.165) is 88.6 Å². The van der Waals surface area contributed by atoms with Gasteiger partial charge in [0.2, 0.25) is 0 Å². The maximum Gasteiger partial charge on any atom is 0.320 e. The van der Waals surface area contributed by atoms with Crippen molar-refractivity contribution in [2.75, 3.05) is 11.5 Å². The first-order chi connectivity index (χ1) is 23.5. The van der Waals surface area contributed by atoms with Crippen molar-refractivity contribution in [1.82, 2.24) is 10.6 Å². The summed E-state index contributed by atoms with van der Waals surface area (Å²) in [6.07, 6.45) is 15.4. The summed E-state index contributed by atoms with van der Waals surface area (Å²) in [5.41, 5.74) is 16.9. The van der Waals surface area contributed by atoms with Gasteiger partial charge in [-0.05, 0) is 51.4 Å². The highest BCUT2D eigenvalue weighted by Gasteiger charge is 2.41. The smallest absolute Gasteiger partial charge is 0.320 e. The molecular formula is C34H59N7O6S2. The number of hydrogen-bond acceptors (Lipinski definition) is 13. The molecule has 13 nitrogen and oxygen atoms in total. The van der Waals surface area contributed by atoms with Crippen LogP contribution < -0.4 is 27.8 Å². The summed E-state index contributed by atoms with van der Waals surface area (Å²) >= 11 is 3.92. The van der Waals surface area contributed by atoms with E-state index in [-0.39, 0.29) is 6.42 Å². The van der Waals surface area contributed by atoms with Crippen molar-refractivity contribution >= 4 is 58.9 Å². The van der Waals surface area contributed by atoms with Crippen molar-refractivity contribution in [1.29, 1.82) is 0 Å². The number of rotatable bonds is 24. The Bertz CT molecular complexity index is 1140. The molecule has 2 fully saturated rings. The summed E-state index contributed by atoms with van der Waals surface area (Å²) in [6, 6.07) is 0.640. The van der Waals surface area contributed by atoms with Crippen LogP contribution in [0.5, 0.6) is 0 Å². The van der Waals surface area contributed by atoms with Crippen molar-refractivity contribution in [3.8, 4) is 0 Å². The number of carbonyl (C=O) groups is 4. The van der Waals surface area contributed by atoms with Crippen molar-refractivity contribution in [3.05, 3.63) is 0 Å². The molecule has 4 aliphatic rings. The van der Waals surface area contributed by atoms with E-state index in [1.54, 1.807) is 0 Å². The van der Waals surface area contributed by atoms with Crippen molar-refractivity contribution in [3.63, 3.8) is 0 Å². The van der Waals surface area contributed by atoms with E-state index >= 15 is 0 Å². The first-order valence-corrected chi connectivity index (χ1v) is 20.3. The third-order valence-corrected chi connectivity index (χ3v) is 12.6. The minimum absolute atomic E-state index is 0.236. The van der Waals surface area contributed by atoms with Gasteiger partial charge in [-0.3, -0.25) is 19.2 Å². The van der Waals surface area contributed by atoms with E-state index < -0.39 is 18.0 Å². The van der Waals surface area contributed by atoms with E-state index in [1.165, 1.54) is 0 Å². The second-order valence-electron chi connectivity index (χ2n) is 13.7. The largest absolute Gasteiger partial charge is 0.481 e.